The summed E-state index contributed by atoms with van der Waals surface area (Å²) in [5.74, 6) is -1.66. The van der Waals surface area contributed by atoms with Gasteiger partial charge in [-0.1, -0.05) is 32.6 Å². The number of hydrogen-bond donors (Lipinski definition) is 1. The van der Waals surface area contributed by atoms with Crippen LogP contribution in [0.15, 0.2) is 0 Å². The molecule has 1 aliphatic heterocycles. The van der Waals surface area contributed by atoms with Crippen molar-refractivity contribution >= 4 is 11.9 Å². The van der Waals surface area contributed by atoms with Crippen LogP contribution in [0.4, 0.5) is 0 Å². The summed E-state index contributed by atoms with van der Waals surface area (Å²) in [4.78, 5) is 21.6. The molecule has 0 unspecified atom stereocenters. The third kappa shape index (κ3) is 4.18. The van der Waals surface area contributed by atoms with Crippen molar-refractivity contribution in [3.05, 3.63) is 0 Å². The standard InChI is InChI=1S/C11H18O5/c1-2-3-4-5-6-7-15-11(14)9-8(16-9)10(12)13/h8-9H,2-7H2,1H3,(H,12,13)/t8-,9+/m0/s1. The van der Waals surface area contributed by atoms with E-state index in [2.05, 4.69) is 11.7 Å². The number of rotatable bonds is 8. The molecule has 5 heteroatoms. The van der Waals surface area contributed by atoms with Gasteiger partial charge in [-0.2, -0.15) is 0 Å². The summed E-state index contributed by atoms with van der Waals surface area (Å²) in [6.45, 7) is 2.49. The van der Waals surface area contributed by atoms with Crippen molar-refractivity contribution in [1.82, 2.24) is 0 Å². The van der Waals surface area contributed by atoms with E-state index in [0.29, 0.717) is 6.61 Å². The number of carbonyl (C=O) groups excluding carboxylic acids is 1. The van der Waals surface area contributed by atoms with Crippen molar-refractivity contribution in [2.24, 2.45) is 0 Å². The molecule has 0 spiro atoms. The minimum absolute atomic E-state index is 0.356. The fourth-order valence-corrected chi connectivity index (χ4v) is 1.44. The molecule has 0 aliphatic carbocycles. The van der Waals surface area contributed by atoms with E-state index < -0.39 is 24.1 Å². The Balaban J connectivity index is 1.98. The minimum atomic E-state index is -1.11. The fourth-order valence-electron chi connectivity index (χ4n) is 1.44. The van der Waals surface area contributed by atoms with Crippen molar-refractivity contribution in [1.29, 1.82) is 0 Å². The molecule has 0 aromatic rings. The molecule has 16 heavy (non-hydrogen) atoms. The molecule has 1 rings (SSSR count). The van der Waals surface area contributed by atoms with E-state index in [0.717, 1.165) is 19.3 Å². The van der Waals surface area contributed by atoms with E-state index in [-0.39, 0.29) is 0 Å². The average molecular weight is 230 g/mol. The average Bonchev–Trinajstić information content (AvgIpc) is 3.02. The van der Waals surface area contributed by atoms with Crippen molar-refractivity contribution in [2.45, 2.75) is 51.2 Å². The highest BCUT2D eigenvalue weighted by Gasteiger charge is 2.51. The van der Waals surface area contributed by atoms with Crippen LogP contribution in [-0.4, -0.2) is 35.9 Å². The number of epoxide rings is 1. The second-order valence-corrected chi connectivity index (χ2v) is 3.90. The van der Waals surface area contributed by atoms with Gasteiger partial charge in [-0.3, -0.25) is 0 Å². The predicted octanol–water partition coefficient (Wildman–Crippen LogP) is 1.35. The highest BCUT2D eigenvalue weighted by molar-refractivity contribution is 5.88. The van der Waals surface area contributed by atoms with Crippen LogP contribution in [0, 0.1) is 0 Å². The molecular weight excluding hydrogens is 212 g/mol. The Labute approximate surface area is 94.7 Å². The first-order valence-electron chi connectivity index (χ1n) is 5.71. The molecule has 0 aromatic carbocycles. The molecule has 2 atom stereocenters. The topological polar surface area (TPSA) is 76.1 Å². The van der Waals surface area contributed by atoms with E-state index in [1.165, 1.54) is 12.8 Å². The molecule has 1 fully saturated rings. The summed E-state index contributed by atoms with van der Waals surface area (Å²) in [5.41, 5.74) is 0. The molecule has 0 aromatic heterocycles. The van der Waals surface area contributed by atoms with Crippen molar-refractivity contribution in [2.75, 3.05) is 6.61 Å². The molecule has 0 amide bonds. The Morgan fingerprint density at radius 3 is 2.44 bits per heavy atom. The monoisotopic (exact) mass is 230 g/mol. The molecule has 1 N–H and O–H groups in total. The molecular formula is C11H18O5. The van der Waals surface area contributed by atoms with Crippen LogP contribution >= 0.6 is 0 Å². The van der Waals surface area contributed by atoms with E-state index >= 15 is 0 Å². The zero-order valence-corrected chi connectivity index (χ0v) is 9.48. The lowest BCUT2D eigenvalue weighted by Crippen LogP contribution is -2.18. The Bertz CT molecular complexity index is 251. The third-order valence-corrected chi connectivity index (χ3v) is 2.46. The number of carboxylic acid groups (broad SMARTS) is 1. The van der Waals surface area contributed by atoms with Gasteiger partial charge in [0.2, 0.25) is 0 Å². The summed E-state index contributed by atoms with van der Waals surface area (Å²) < 4.78 is 9.56. The van der Waals surface area contributed by atoms with Crippen molar-refractivity contribution in [3.8, 4) is 0 Å². The maximum absolute atomic E-state index is 11.2. The van der Waals surface area contributed by atoms with Gasteiger partial charge >= 0.3 is 11.9 Å². The quantitative estimate of drug-likeness (QED) is 0.387. The molecule has 1 heterocycles. The van der Waals surface area contributed by atoms with Gasteiger partial charge in [-0.05, 0) is 6.42 Å². The van der Waals surface area contributed by atoms with Gasteiger partial charge in [-0.15, -0.1) is 0 Å². The smallest absolute Gasteiger partial charge is 0.338 e. The second kappa shape index (κ2) is 6.48. The lowest BCUT2D eigenvalue weighted by Gasteiger charge is -2.02. The van der Waals surface area contributed by atoms with Gasteiger partial charge in [0.05, 0.1) is 6.61 Å². The van der Waals surface area contributed by atoms with Crippen LogP contribution in [0.5, 0.6) is 0 Å². The summed E-state index contributed by atoms with van der Waals surface area (Å²) in [6, 6.07) is 0. The fraction of sp³-hybridized carbons (Fsp3) is 0.818. The number of carboxylic acids is 1. The van der Waals surface area contributed by atoms with E-state index in [1.807, 2.05) is 0 Å². The Morgan fingerprint density at radius 2 is 1.88 bits per heavy atom. The van der Waals surface area contributed by atoms with Gasteiger partial charge < -0.3 is 14.6 Å². The normalized spacial score (nSPS) is 22.8. The van der Waals surface area contributed by atoms with Crippen LogP contribution in [-0.2, 0) is 19.1 Å². The molecule has 0 radical (unpaired) electrons. The summed E-state index contributed by atoms with van der Waals surface area (Å²) in [6.07, 6.45) is 3.51. The maximum atomic E-state index is 11.2. The van der Waals surface area contributed by atoms with Gasteiger partial charge in [0.15, 0.2) is 12.2 Å². The summed E-state index contributed by atoms with van der Waals surface area (Å²) >= 11 is 0. The van der Waals surface area contributed by atoms with Crippen molar-refractivity contribution in [3.63, 3.8) is 0 Å². The number of unbranched alkanes of at least 4 members (excludes halogenated alkanes) is 4. The summed E-state index contributed by atoms with van der Waals surface area (Å²) in [7, 11) is 0. The molecule has 0 saturated carbocycles. The van der Waals surface area contributed by atoms with Gasteiger partial charge in [-0.25, -0.2) is 9.59 Å². The third-order valence-electron chi connectivity index (χ3n) is 2.46. The Hall–Kier alpha value is -1.10. The molecule has 0 bridgehead atoms. The lowest BCUT2D eigenvalue weighted by molar-refractivity contribution is -0.146. The molecule has 5 nitrogen and oxygen atoms in total. The number of ether oxygens (including phenoxy) is 2. The highest BCUT2D eigenvalue weighted by atomic mass is 16.7. The maximum Gasteiger partial charge on any atom is 0.338 e. The number of carbonyl (C=O) groups is 2. The first kappa shape index (κ1) is 13.0. The van der Waals surface area contributed by atoms with Gasteiger partial charge in [0, 0.05) is 0 Å². The second-order valence-electron chi connectivity index (χ2n) is 3.90. The van der Waals surface area contributed by atoms with Crippen molar-refractivity contribution < 1.29 is 24.2 Å². The van der Waals surface area contributed by atoms with Crippen LogP contribution < -0.4 is 0 Å². The van der Waals surface area contributed by atoms with E-state index in [1.54, 1.807) is 0 Å². The molecule has 1 aliphatic rings. The van der Waals surface area contributed by atoms with Crippen LogP contribution in [0.1, 0.15) is 39.0 Å². The first-order chi connectivity index (χ1) is 7.66. The van der Waals surface area contributed by atoms with E-state index in [9.17, 15) is 9.59 Å². The van der Waals surface area contributed by atoms with E-state index in [4.69, 9.17) is 9.84 Å². The number of esters is 1. The van der Waals surface area contributed by atoms with Gasteiger partial charge in [0.25, 0.3) is 0 Å². The Morgan fingerprint density at radius 1 is 1.19 bits per heavy atom. The lowest BCUT2D eigenvalue weighted by atomic mass is 10.2. The van der Waals surface area contributed by atoms with Crippen LogP contribution in [0.3, 0.4) is 0 Å². The highest BCUT2D eigenvalue weighted by Crippen LogP contribution is 2.23. The number of hydrogen-bond acceptors (Lipinski definition) is 4. The number of aliphatic carboxylic acids is 1. The Kier molecular flexibility index (Phi) is 5.25. The zero-order chi connectivity index (χ0) is 12.0. The zero-order valence-electron chi connectivity index (χ0n) is 9.48. The van der Waals surface area contributed by atoms with Gasteiger partial charge in [0.1, 0.15) is 0 Å². The van der Waals surface area contributed by atoms with Crippen LogP contribution in [0.25, 0.3) is 0 Å². The molecule has 92 valence electrons. The summed E-state index contributed by atoms with van der Waals surface area (Å²) in [5, 5.41) is 8.51. The van der Waals surface area contributed by atoms with Crippen LogP contribution in [0.2, 0.25) is 0 Å². The first-order valence-corrected chi connectivity index (χ1v) is 5.71. The largest absolute Gasteiger partial charge is 0.479 e. The molecule has 1 saturated heterocycles. The SMILES string of the molecule is CCCCCCCOC(=O)[C@@H]1O[C@@H]1C(=O)O. The minimum Gasteiger partial charge on any atom is -0.479 e. The predicted molar refractivity (Wildman–Crippen MR) is 56.0 cm³/mol.